The largest absolute Gasteiger partial charge is 0.355 e. The van der Waals surface area contributed by atoms with Crippen molar-refractivity contribution in [1.29, 1.82) is 0 Å². The van der Waals surface area contributed by atoms with E-state index in [1.54, 1.807) is 12.1 Å². The van der Waals surface area contributed by atoms with Gasteiger partial charge in [-0.1, -0.05) is 86.6 Å². The van der Waals surface area contributed by atoms with Crippen molar-refractivity contribution in [2.24, 2.45) is 5.92 Å². The molecule has 1 heterocycles. The molecule has 0 saturated carbocycles. The van der Waals surface area contributed by atoms with Gasteiger partial charge in [0.05, 0.1) is 10.8 Å². The highest BCUT2D eigenvalue weighted by molar-refractivity contribution is 7.89. The maximum absolute atomic E-state index is 13.1. The number of benzene rings is 3. The van der Waals surface area contributed by atoms with Crippen LogP contribution in [0, 0.1) is 5.92 Å². The van der Waals surface area contributed by atoms with Crippen molar-refractivity contribution < 1.29 is 13.2 Å². The van der Waals surface area contributed by atoms with E-state index < -0.39 is 10.0 Å². The molecule has 0 aliphatic carbocycles. The second kappa shape index (κ2) is 11.8. The van der Waals surface area contributed by atoms with Crippen molar-refractivity contribution in [1.82, 2.24) is 15.4 Å². The summed E-state index contributed by atoms with van der Waals surface area (Å²) in [5.41, 5.74) is 3.37. The molecule has 0 radical (unpaired) electrons. The van der Waals surface area contributed by atoms with Crippen molar-refractivity contribution in [2.75, 3.05) is 19.6 Å². The van der Waals surface area contributed by atoms with Crippen LogP contribution in [-0.4, -0.2) is 40.0 Å². The Morgan fingerprint density at radius 2 is 1.44 bits per heavy atom. The highest BCUT2D eigenvalue weighted by Gasteiger charge is 2.30. The third-order valence-electron chi connectivity index (χ3n) is 6.78. The molecule has 1 saturated heterocycles. The van der Waals surface area contributed by atoms with Gasteiger partial charge in [-0.15, -0.1) is 0 Å². The van der Waals surface area contributed by atoms with Crippen molar-refractivity contribution in [3.63, 3.8) is 0 Å². The summed E-state index contributed by atoms with van der Waals surface area (Å²) >= 11 is 0. The summed E-state index contributed by atoms with van der Waals surface area (Å²) < 4.78 is 28.7. The molecule has 190 valence electrons. The first-order chi connectivity index (χ1) is 17.3. The summed E-state index contributed by atoms with van der Waals surface area (Å²) in [5, 5.41) is 6.35. The standard InChI is InChI=1S/C29H35N3O3S/c1-21(2)22-13-15-27(16-14-22)36(34,35)32-26-17-25(18-30-19-26)29(33)31-20-28(23-9-5-3-6-10-23)24-11-7-4-8-12-24/h3-16,21,25-26,28,30,32H,17-20H2,1-2H3,(H,31,33)/t25-,26-/m0/s1. The Bertz CT molecular complexity index is 1190. The molecule has 0 bridgehead atoms. The molecule has 3 N–H and O–H groups in total. The molecular weight excluding hydrogens is 470 g/mol. The van der Waals surface area contributed by atoms with Crippen LogP contribution in [0.25, 0.3) is 0 Å². The molecule has 1 aliphatic rings. The topological polar surface area (TPSA) is 87.3 Å². The number of carbonyl (C=O) groups excluding carboxylic acids is 1. The van der Waals surface area contributed by atoms with E-state index in [4.69, 9.17) is 0 Å². The van der Waals surface area contributed by atoms with Crippen LogP contribution in [0.3, 0.4) is 0 Å². The van der Waals surface area contributed by atoms with Crippen molar-refractivity contribution in [3.05, 3.63) is 102 Å². The number of hydrogen-bond donors (Lipinski definition) is 3. The van der Waals surface area contributed by atoms with E-state index in [2.05, 4.69) is 53.5 Å². The molecule has 4 rings (SSSR count). The van der Waals surface area contributed by atoms with Gasteiger partial charge in [0.2, 0.25) is 15.9 Å². The number of rotatable bonds is 9. The van der Waals surface area contributed by atoms with Crippen LogP contribution >= 0.6 is 0 Å². The number of nitrogens with one attached hydrogen (secondary N) is 3. The Labute approximate surface area is 214 Å². The SMILES string of the molecule is CC(C)c1ccc(S(=O)(=O)N[C@@H]2CNC[C@@H](C(=O)NCC(c3ccccc3)c3ccccc3)C2)cc1. The molecule has 0 unspecified atom stereocenters. The van der Waals surface area contributed by atoms with Gasteiger partial charge in [-0.25, -0.2) is 13.1 Å². The highest BCUT2D eigenvalue weighted by atomic mass is 32.2. The molecule has 0 aromatic heterocycles. The van der Waals surface area contributed by atoms with Gasteiger partial charge in [-0.2, -0.15) is 0 Å². The first kappa shape index (κ1) is 26.1. The van der Waals surface area contributed by atoms with Gasteiger partial charge >= 0.3 is 0 Å². The number of piperidine rings is 1. The molecule has 2 atom stereocenters. The molecule has 7 heteroatoms. The smallest absolute Gasteiger partial charge is 0.240 e. The Morgan fingerprint density at radius 3 is 2.00 bits per heavy atom. The monoisotopic (exact) mass is 505 g/mol. The molecule has 1 aliphatic heterocycles. The van der Waals surface area contributed by atoms with Gasteiger partial charge in [0.15, 0.2) is 0 Å². The molecule has 6 nitrogen and oxygen atoms in total. The fourth-order valence-electron chi connectivity index (χ4n) is 4.70. The van der Waals surface area contributed by atoms with Crippen molar-refractivity contribution >= 4 is 15.9 Å². The number of carbonyl (C=O) groups is 1. The van der Waals surface area contributed by atoms with Gasteiger partial charge in [-0.3, -0.25) is 4.79 Å². The van der Waals surface area contributed by atoms with E-state index in [1.165, 1.54) is 0 Å². The van der Waals surface area contributed by atoms with E-state index in [1.807, 2.05) is 48.5 Å². The van der Waals surface area contributed by atoms with Crippen LogP contribution in [0.15, 0.2) is 89.8 Å². The predicted octanol–water partition coefficient (Wildman–Crippen LogP) is 4.01. The average molecular weight is 506 g/mol. The average Bonchev–Trinajstić information content (AvgIpc) is 2.90. The third kappa shape index (κ3) is 6.60. The molecule has 1 amide bonds. The summed E-state index contributed by atoms with van der Waals surface area (Å²) in [6, 6.07) is 26.9. The summed E-state index contributed by atoms with van der Waals surface area (Å²) in [6.45, 7) is 5.63. The van der Waals surface area contributed by atoms with Gasteiger partial charge in [0.1, 0.15) is 0 Å². The summed E-state index contributed by atoms with van der Waals surface area (Å²) in [4.78, 5) is 13.4. The number of hydrogen-bond acceptors (Lipinski definition) is 4. The zero-order chi connectivity index (χ0) is 25.5. The lowest BCUT2D eigenvalue weighted by molar-refractivity contribution is -0.125. The van der Waals surface area contributed by atoms with Crippen LogP contribution in [0.5, 0.6) is 0 Å². The number of amides is 1. The zero-order valence-electron chi connectivity index (χ0n) is 20.9. The van der Waals surface area contributed by atoms with Crippen molar-refractivity contribution in [2.45, 2.75) is 43.0 Å². The fourth-order valence-corrected chi connectivity index (χ4v) is 5.95. The lowest BCUT2D eigenvalue weighted by atomic mass is 9.90. The first-order valence-corrected chi connectivity index (χ1v) is 14.0. The van der Waals surface area contributed by atoms with E-state index in [0.29, 0.717) is 32.0 Å². The van der Waals surface area contributed by atoms with Gasteiger partial charge in [-0.05, 0) is 41.2 Å². The summed E-state index contributed by atoms with van der Waals surface area (Å²) in [5.74, 6) is -0.0116. The Hall–Kier alpha value is -3.00. The van der Waals surface area contributed by atoms with Gasteiger partial charge < -0.3 is 10.6 Å². The Balaban J connectivity index is 1.38. The van der Waals surface area contributed by atoms with Crippen LogP contribution in [0.2, 0.25) is 0 Å². The van der Waals surface area contributed by atoms with Gasteiger partial charge in [0, 0.05) is 31.6 Å². The normalized spacial score (nSPS) is 18.3. The third-order valence-corrected chi connectivity index (χ3v) is 8.32. The molecule has 3 aromatic carbocycles. The van der Waals surface area contributed by atoms with Crippen LogP contribution in [0.1, 0.15) is 48.8 Å². The first-order valence-electron chi connectivity index (χ1n) is 12.5. The molecule has 3 aromatic rings. The van der Waals surface area contributed by atoms with Crippen molar-refractivity contribution in [3.8, 4) is 0 Å². The number of sulfonamides is 1. The summed E-state index contributed by atoms with van der Waals surface area (Å²) in [7, 11) is -3.67. The maximum Gasteiger partial charge on any atom is 0.240 e. The maximum atomic E-state index is 13.1. The van der Waals surface area contributed by atoms with Gasteiger partial charge in [0.25, 0.3) is 0 Å². The minimum Gasteiger partial charge on any atom is -0.355 e. The second-order valence-corrected chi connectivity index (χ2v) is 11.5. The fraction of sp³-hybridized carbons (Fsp3) is 0.345. The minimum atomic E-state index is -3.67. The Morgan fingerprint density at radius 1 is 0.861 bits per heavy atom. The van der Waals surface area contributed by atoms with E-state index in [0.717, 1.165) is 16.7 Å². The molecule has 36 heavy (non-hydrogen) atoms. The van der Waals surface area contributed by atoms with Crippen LogP contribution in [0.4, 0.5) is 0 Å². The van der Waals surface area contributed by atoms with E-state index >= 15 is 0 Å². The van der Waals surface area contributed by atoms with E-state index in [9.17, 15) is 13.2 Å². The minimum absolute atomic E-state index is 0.0380. The predicted molar refractivity (Wildman–Crippen MR) is 143 cm³/mol. The summed E-state index contributed by atoms with van der Waals surface area (Å²) in [6.07, 6.45) is 0.448. The quantitative estimate of drug-likeness (QED) is 0.410. The lowest BCUT2D eigenvalue weighted by Gasteiger charge is -2.30. The highest BCUT2D eigenvalue weighted by Crippen LogP contribution is 2.24. The second-order valence-electron chi connectivity index (χ2n) is 9.75. The molecule has 1 fully saturated rings. The molecule has 0 spiro atoms. The molecular formula is C29H35N3O3S. The van der Waals surface area contributed by atoms with E-state index in [-0.39, 0.29) is 28.7 Å². The Kier molecular flexibility index (Phi) is 8.56. The lowest BCUT2D eigenvalue weighted by Crippen LogP contribution is -2.52. The zero-order valence-corrected chi connectivity index (χ0v) is 21.7. The van der Waals surface area contributed by atoms with Crippen LogP contribution in [-0.2, 0) is 14.8 Å². The van der Waals surface area contributed by atoms with Crippen LogP contribution < -0.4 is 15.4 Å².